The van der Waals surface area contributed by atoms with E-state index in [1.54, 1.807) is 4.90 Å². The predicted molar refractivity (Wildman–Crippen MR) is 69.6 cm³/mol. The van der Waals surface area contributed by atoms with Gasteiger partial charge in [0.05, 0.1) is 12.1 Å². The fourth-order valence-corrected chi connectivity index (χ4v) is 3.63. The zero-order valence-corrected chi connectivity index (χ0v) is 11.8. The van der Waals surface area contributed by atoms with Crippen LogP contribution in [0, 0.1) is 5.92 Å². The van der Waals surface area contributed by atoms with Gasteiger partial charge in [0.25, 0.3) is 6.47 Å². The quantitative estimate of drug-likeness (QED) is 0.435. The molecule has 1 amide bonds. The van der Waals surface area contributed by atoms with Crippen molar-refractivity contribution in [3.8, 4) is 0 Å². The summed E-state index contributed by atoms with van der Waals surface area (Å²) in [6.07, 6.45) is 1.46. The number of ether oxygens (including phenoxy) is 2. The Morgan fingerprint density at radius 1 is 1.63 bits per heavy atom. The molecule has 1 heterocycles. The van der Waals surface area contributed by atoms with Gasteiger partial charge in [0.2, 0.25) is 0 Å². The van der Waals surface area contributed by atoms with E-state index < -0.39 is 11.1 Å². The smallest absolute Gasteiger partial charge is 0.411 e. The van der Waals surface area contributed by atoms with Crippen LogP contribution in [-0.2, 0) is 14.3 Å². The molecule has 1 saturated carbocycles. The van der Waals surface area contributed by atoms with Crippen molar-refractivity contribution in [3.05, 3.63) is 12.2 Å². The monoisotopic (exact) mass is 267 g/mol. The molecule has 0 aromatic carbocycles. The van der Waals surface area contributed by atoms with Crippen molar-refractivity contribution in [2.24, 2.45) is 5.92 Å². The maximum absolute atomic E-state index is 12.1. The Morgan fingerprint density at radius 2 is 2.32 bits per heavy atom. The topological polar surface area (TPSA) is 55.8 Å². The van der Waals surface area contributed by atoms with Gasteiger partial charge < -0.3 is 9.47 Å². The zero-order valence-electron chi connectivity index (χ0n) is 11.8. The van der Waals surface area contributed by atoms with E-state index >= 15 is 0 Å². The highest BCUT2D eigenvalue weighted by molar-refractivity contribution is 5.73. The van der Waals surface area contributed by atoms with E-state index in [9.17, 15) is 9.59 Å². The lowest BCUT2D eigenvalue weighted by Crippen LogP contribution is -2.56. The van der Waals surface area contributed by atoms with E-state index in [2.05, 4.69) is 6.58 Å². The van der Waals surface area contributed by atoms with Crippen LogP contribution in [0.15, 0.2) is 12.2 Å². The van der Waals surface area contributed by atoms with Gasteiger partial charge in [-0.1, -0.05) is 12.2 Å². The third kappa shape index (κ3) is 1.83. The van der Waals surface area contributed by atoms with Gasteiger partial charge in [0.1, 0.15) is 12.2 Å². The van der Waals surface area contributed by atoms with Gasteiger partial charge in [-0.05, 0) is 33.6 Å². The molecule has 0 aromatic rings. The first-order valence-corrected chi connectivity index (χ1v) is 6.58. The van der Waals surface area contributed by atoms with Crippen LogP contribution in [0.1, 0.15) is 33.6 Å². The van der Waals surface area contributed by atoms with Crippen LogP contribution >= 0.6 is 0 Å². The van der Waals surface area contributed by atoms with Crippen LogP contribution in [-0.4, -0.2) is 41.8 Å². The van der Waals surface area contributed by atoms with Crippen molar-refractivity contribution >= 4 is 12.6 Å². The van der Waals surface area contributed by atoms with Crippen molar-refractivity contribution in [1.29, 1.82) is 0 Å². The molecule has 19 heavy (non-hydrogen) atoms. The maximum atomic E-state index is 12.1. The molecule has 0 radical (unpaired) electrons. The molecule has 2 aliphatic rings. The van der Waals surface area contributed by atoms with Crippen LogP contribution in [0.2, 0.25) is 0 Å². The third-order valence-corrected chi connectivity index (χ3v) is 4.85. The molecule has 5 heteroatoms. The number of amides is 1. The van der Waals surface area contributed by atoms with E-state index in [1.165, 1.54) is 0 Å². The summed E-state index contributed by atoms with van der Waals surface area (Å²) in [5, 5.41) is 0. The Morgan fingerprint density at radius 3 is 2.89 bits per heavy atom. The van der Waals surface area contributed by atoms with Crippen LogP contribution in [0.25, 0.3) is 0 Å². The molecule has 0 unspecified atom stereocenters. The highest BCUT2D eigenvalue weighted by Gasteiger charge is 2.66. The Labute approximate surface area is 113 Å². The highest BCUT2D eigenvalue weighted by Crippen LogP contribution is 2.55. The minimum atomic E-state index is -0.491. The van der Waals surface area contributed by atoms with E-state index in [4.69, 9.17) is 9.47 Å². The number of hydrogen-bond acceptors (Lipinski definition) is 4. The lowest BCUT2D eigenvalue weighted by atomic mass is 9.77. The lowest BCUT2D eigenvalue weighted by molar-refractivity contribution is -0.129. The molecule has 0 aromatic heterocycles. The molecule has 1 saturated heterocycles. The molecule has 1 aliphatic carbocycles. The van der Waals surface area contributed by atoms with Crippen LogP contribution in [0.4, 0.5) is 4.79 Å². The molecule has 5 nitrogen and oxygen atoms in total. The summed E-state index contributed by atoms with van der Waals surface area (Å²) in [4.78, 5) is 24.0. The second kappa shape index (κ2) is 4.54. The van der Waals surface area contributed by atoms with Gasteiger partial charge in [-0.3, -0.25) is 9.69 Å². The predicted octanol–water partition coefficient (Wildman–Crippen LogP) is 2.12. The zero-order chi connectivity index (χ0) is 14.3. The summed E-state index contributed by atoms with van der Waals surface area (Å²) < 4.78 is 10.3. The number of fused-ring (bicyclic) bond motifs is 1. The molecule has 0 N–H and O–H groups in total. The van der Waals surface area contributed by atoms with Crippen molar-refractivity contribution in [1.82, 2.24) is 4.90 Å². The average molecular weight is 267 g/mol. The summed E-state index contributed by atoms with van der Waals surface area (Å²) in [6, 6.07) is 0. The van der Waals surface area contributed by atoms with E-state index in [0.717, 1.165) is 18.4 Å². The summed E-state index contributed by atoms with van der Waals surface area (Å²) in [5.41, 5.74) is 0.155. The van der Waals surface area contributed by atoms with E-state index in [1.807, 2.05) is 20.8 Å². The molecule has 3 atom stereocenters. The van der Waals surface area contributed by atoms with Gasteiger partial charge in [0.15, 0.2) is 0 Å². The first kappa shape index (κ1) is 13.9. The molecule has 0 spiro atoms. The number of rotatable bonds is 5. The fourth-order valence-electron chi connectivity index (χ4n) is 3.63. The summed E-state index contributed by atoms with van der Waals surface area (Å²) >= 11 is 0. The molecule has 0 bridgehead atoms. The number of carbonyl (C=O) groups is 2. The minimum absolute atomic E-state index is 0.188. The van der Waals surface area contributed by atoms with Crippen LogP contribution in [0.3, 0.4) is 0 Å². The normalized spacial score (nSPS) is 36.9. The van der Waals surface area contributed by atoms with Crippen molar-refractivity contribution in [2.45, 2.75) is 44.8 Å². The minimum Gasteiger partial charge on any atom is -0.466 e. The van der Waals surface area contributed by atoms with Gasteiger partial charge in [-0.2, -0.15) is 0 Å². The summed E-state index contributed by atoms with van der Waals surface area (Å²) in [7, 11) is 0. The molecule has 2 fully saturated rings. The fraction of sp³-hybridized carbons (Fsp3) is 0.714. The molecular formula is C14H21NO4. The lowest BCUT2D eigenvalue weighted by Gasteiger charge is -2.41. The number of nitrogens with zero attached hydrogens (tertiary/aromatic N) is 1. The maximum Gasteiger partial charge on any atom is 0.411 e. The number of hydrogen-bond donors (Lipinski definition) is 0. The summed E-state index contributed by atoms with van der Waals surface area (Å²) in [5.74, 6) is 0.209. The Balaban J connectivity index is 2.29. The third-order valence-electron chi connectivity index (χ3n) is 4.85. The van der Waals surface area contributed by atoms with E-state index in [-0.39, 0.29) is 18.6 Å². The van der Waals surface area contributed by atoms with Gasteiger partial charge in [-0.25, -0.2) is 4.79 Å². The second-order valence-corrected chi connectivity index (χ2v) is 5.80. The summed E-state index contributed by atoms with van der Waals surface area (Å²) in [6.45, 7) is 11.0. The van der Waals surface area contributed by atoms with Gasteiger partial charge >= 0.3 is 6.09 Å². The van der Waals surface area contributed by atoms with Crippen molar-refractivity contribution in [3.63, 3.8) is 0 Å². The number of carbonyl (C=O) groups excluding carboxylic acids is 2. The Hall–Kier alpha value is -1.52. The largest absolute Gasteiger partial charge is 0.466 e. The first-order chi connectivity index (χ1) is 8.87. The van der Waals surface area contributed by atoms with Crippen molar-refractivity contribution < 1.29 is 19.1 Å². The van der Waals surface area contributed by atoms with Crippen LogP contribution in [0.5, 0.6) is 0 Å². The Bertz CT molecular complexity index is 422. The standard InChI is InChI=1S/C14H21NO4/c1-10(2)11-5-6-13(3)14(11,4)15(12(17)19-13)7-8-18-9-16/h9,11H,1,5-8H2,2-4H3/t11-,13+,14-/m1/s1. The van der Waals surface area contributed by atoms with Crippen molar-refractivity contribution in [2.75, 3.05) is 13.2 Å². The van der Waals surface area contributed by atoms with Gasteiger partial charge in [-0.15, -0.1) is 0 Å². The van der Waals surface area contributed by atoms with E-state index in [0.29, 0.717) is 13.0 Å². The first-order valence-electron chi connectivity index (χ1n) is 6.58. The second-order valence-electron chi connectivity index (χ2n) is 5.80. The van der Waals surface area contributed by atoms with Crippen LogP contribution < -0.4 is 0 Å². The highest BCUT2D eigenvalue weighted by atomic mass is 16.6. The molecule has 1 aliphatic heterocycles. The van der Waals surface area contributed by atoms with Gasteiger partial charge in [0, 0.05) is 5.92 Å². The SMILES string of the molecule is C=C(C)[C@H]1CC[C@]2(C)OC(=O)N(CCOC=O)[C@]12C. The Kier molecular flexibility index (Phi) is 3.32. The molecule has 106 valence electrons. The average Bonchev–Trinajstić information content (AvgIpc) is 2.67. The molecular weight excluding hydrogens is 246 g/mol. The molecule has 2 rings (SSSR count).